The molecule has 1 aromatic rings. The van der Waals surface area contributed by atoms with Crippen LogP contribution in [-0.2, 0) is 0 Å². The van der Waals surface area contributed by atoms with E-state index in [1.165, 1.54) is 0 Å². The number of hydrogen-bond acceptors (Lipinski definition) is 1. The standard InChI is InChI=1S/C11H11ClINO/c1-14(8-3-4-8)11(15)9-5-2-7(13)6-10(9)12/h2,5-6,8H,3-4H2,1H3. The minimum atomic E-state index is 0.0268. The number of benzene rings is 1. The van der Waals surface area contributed by atoms with Gasteiger partial charge in [-0.2, -0.15) is 0 Å². The fraction of sp³-hybridized carbons (Fsp3) is 0.364. The van der Waals surface area contributed by atoms with E-state index in [4.69, 9.17) is 11.6 Å². The van der Waals surface area contributed by atoms with Crippen molar-refractivity contribution < 1.29 is 4.79 Å². The van der Waals surface area contributed by atoms with Crippen LogP contribution in [0, 0.1) is 3.57 Å². The molecular formula is C11H11ClINO. The Morgan fingerprint density at radius 2 is 2.20 bits per heavy atom. The highest BCUT2D eigenvalue weighted by molar-refractivity contribution is 14.1. The molecule has 0 N–H and O–H groups in total. The van der Waals surface area contributed by atoms with Crippen molar-refractivity contribution in [3.05, 3.63) is 32.4 Å². The molecule has 0 heterocycles. The van der Waals surface area contributed by atoms with Crippen LogP contribution in [0.1, 0.15) is 23.2 Å². The first-order valence-corrected chi connectivity index (χ1v) is 6.27. The van der Waals surface area contributed by atoms with Gasteiger partial charge in [0.05, 0.1) is 10.6 Å². The zero-order chi connectivity index (χ0) is 11.0. The van der Waals surface area contributed by atoms with Gasteiger partial charge in [0.1, 0.15) is 0 Å². The maximum Gasteiger partial charge on any atom is 0.255 e. The van der Waals surface area contributed by atoms with Crippen molar-refractivity contribution in [2.24, 2.45) is 0 Å². The van der Waals surface area contributed by atoms with Gasteiger partial charge >= 0.3 is 0 Å². The van der Waals surface area contributed by atoms with Gasteiger partial charge in [0, 0.05) is 16.7 Å². The van der Waals surface area contributed by atoms with E-state index in [1.807, 2.05) is 19.2 Å². The molecule has 15 heavy (non-hydrogen) atoms. The highest BCUT2D eigenvalue weighted by Crippen LogP contribution is 2.28. The van der Waals surface area contributed by atoms with Gasteiger partial charge in [0.15, 0.2) is 0 Å². The molecule has 0 radical (unpaired) electrons. The summed E-state index contributed by atoms with van der Waals surface area (Å²) in [6.45, 7) is 0. The Bertz CT molecular complexity index is 404. The second-order valence-corrected chi connectivity index (χ2v) is 5.42. The normalized spacial score (nSPS) is 15.1. The topological polar surface area (TPSA) is 20.3 Å². The van der Waals surface area contributed by atoms with E-state index in [1.54, 1.807) is 11.0 Å². The molecule has 1 aliphatic carbocycles. The largest absolute Gasteiger partial charge is 0.339 e. The summed E-state index contributed by atoms with van der Waals surface area (Å²) in [5, 5.41) is 0.541. The summed E-state index contributed by atoms with van der Waals surface area (Å²) in [6, 6.07) is 5.94. The molecule has 0 aliphatic heterocycles. The van der Waals surface area contributed by atoms with Crippen LogP contribution in [0.3, 0.4) is 0 Å². The molecule has 2 nitrogen and oxygen atoms in total. The Morgan fingerprint density at radius 1 is 1.53 bits per heavy atom. The molecule has 0 saturated heterocycles. The monoisotopic (exact) mass is 335 g/mol. The maximum absolute atomic E-state index is 12.0. The number of amides is 1. The van der Waals surface area contributed by atoms with Gasteiger partial charge in [-0.05, 0) is 53.6 Å². The predicted molar refractivity (Wildman–Crippen MR) is 69.3 cm³/mol. The molecule has 0 bridgehead atoms. The highest BCUT2D eigenvalue weighted by atomic mass is 127. The summed E-state index contributed by atoms with van der Waals surface area (Å²) in [7, 11) is 1.84. The van der Waals surface area contributed by atoms with Gasteiger partial charge in [0.2, 0.25) is 0 Å². The lowest BCUT2D eigenvalue weighted by molar-refractivity contribution is 0.0785. The van der Waals surface area contributed by atoms with E-state index in [2.05, 4.69) is 22.6 Å². The van der Waals surface area contributed by atoms with Crippen LogP contribution in [0.5, 0.6) is 0 Å². The fourth-order valence-corrected chi connectivity index (χ4v) is 2.42. The zero-order valence-electron chi connectivity index (χ0n) is 8.34. The number of hydrogen-bond donors (Lipinski definition) is 0. The number of nitrogens with zero attached hydrogens (tertiary/aromatic N) is 1. The molecule has 4 heteroatoms. The van der Waals surface area contributed by atoms with Gasteiger partial charge in [0.25, 0.3) is 5.91 Å². The Morgan fingerprint density at radius 3 is 2.73 bits per heavy atom. The van der Waals surface area contributed by atoms with Gasteiger partial charge in [-0.25, -0.2) is 0 Å². The van der Waals surface area contributed by atoms with Gasteiger partial charge < -0.3 is 4.90 Å². The maximum atomic E-state index is 12.0. The van der Waals surface area contributed by atoms with E-state index in [0.29, 0.717) is 16.6 Å². The third kappa shape index (κ3) is 2.45. The molecule has 80 valence electrons. The minimum Gasteiger partial charge on any atom is -0.339 e. The van der Waals surface area contributed by atoms with Crippen LogP contribution < -0.4 is 0 Å². The van der Waals surface area contributed by atoms with Crippen molar-refractivity contribution in [3.63, 3.8) is 0 Å². The SMILES string of the molecule is CN(C(=O)c1ccc(I)cc1Cl)C1CC1. The van der Waals surface area contributed by atoms with E-state index >= 15 is 0 Å². The highest BCUT2D eigenvalue weighted by Gasteiger charge is 2.30. The van der Waals surface area contributed by atoms with Crippen LogP contribution >= 0.6 is 34.2 Å². The summed E-state index contributed by atoms with van der Waals surface area (Å²) in [6.07, 6.45) is 2.23. The summed E-state index contributed by atoms with van der Waals surface area (Å²) < 4.78 is 1.04. The molecule has 1 aliphatic rings. The lowest BCUT2D eigenvalue weighted by Gasteiger charge is -2.16. The third-order valence-corrected chi connectivity index (χ3v) is 3.56. The van der Waals surface area contributed by atoms with Crippen molar-refractivity contribution >= 4 is 40.1 Å². The molecule has 0 spiro atoms. The molecule has 1 saturated carbocycles. The number of halogens is 2. The molecule has 2 rings (SSSR count). The van der Waals surface area contributed by atoms with Crippen LogP contribution in [0.4, 0.5) is 0 Å². The molecule has 0 unspecified atom stereocenters. The number of rotatable bonds is 2. The molecule has 0 aromatic heterocycles. The van der Waals surface area contributed by atoms with Crippen molar-refractivity contribution in [1.29, 1.82) is 0 Å². The van der Waals surface area contributed by atoms with E-state index in [0.717, 1.165) is 16.4 Å². The average Bonchev–Trinajstić information content (AvgIpc) is 2.99. The summed E-state index contributed by atoms with van der Waals surface area (Å²) in [4.78, 5) is 13.8. The summed E-state index contributed by atoms with van der Waals surface area (Å²) >= 11 is 8.22. The van der Waals surface area contributed by atoms with Crippen LogP contribution in [0.2, 0.25) is 5.02 Å². The average molecular weight is 336 g/mol. The Balaban J connectivity index is 2.24. The van der Waals surface area contributed by atoms with Crippen molar-refractivity contribution in [2.45, 2.75) is 18.9 Å². The first-order valence-electron chi connectivity index (χ1n) is 4.82. The molecular weight excluding hydrogens is 324 g/mol. The van der Waals surface area contributed by atoms with E-state index in [9.17, 15) is 4.79 Å². The fourth-order valence-electron chi connectivity index (χ4n) is 1.48. The van der Waals surface area contributed by atoms with Crippen LogP contribution in [-0.4, -0.2) is 23.9 Å². The van der Waals surface area contributed by atoms with Crippen LogP contribution in [0.25, 0.3) is 0 Å². The number of carbonyl (C=O) groups excluding carboxylic acids is 1. The number of carbonyl (C=O) groups is 1. The Kier molecular flexibility index (Phi) is 3.21. The second kappa shape index (κ2) is 4.29. The quantitative estimate of drug-likeness (QED) is 0.760. The van der Waals surface area contributed by atoms with E-state index < -0.39 is 0 Å². The molecule has 0 atom stereocenters. The minimum absolute atomic E-state index is 0.0268. The Hall–Kier alpha value is -0.290. The third-order valence-electron chi connectivity index (χ3n) is 2.58. The summed E-state index contributed by atoms with van der Waals surface area (Å²) in [5.74, 6) is 0.0268. The van der Waals surface area contributed by atoms with Crippen molar-refractivity contribution in [3.8, 4) is 0 Å². The van der Waals surface area contributed by atoms with Gasteiger partial charge in [-0.1, -0.05) is 11.6 Å². The summed E-state index contributed by atoms with van der Waals surface area (Å²) in [5.41, 5.74) is 0.603. The lowest BCUT2D eigenvalue weighted by Crippen LogP contribution is -2.28. The molecule has 1 aromatic carbocycles. The smallest absolute Gasteiger partial charge is 0.255 e. The second-order valence-electron chi connectivity index (χ2n) is 3.77. The predicted octanol–water partition coefficient (Wildman–Crippen LogP) is 3.18. The first kappa shape index (κ1) is 11.2. The van der Waals surface area contributed by atoms with Crippen LogP contribution in [0.15, 0.2) is 18.2 Å². The van der Waals surface area contributed by atoms with Gasteiger partial charge in [-0.15, -0.1) is 0 Å². The lowest BCUT2D eigenvalue weighted by atomic mass is 10.2. The van der Waals surface area contributed by atoms with Gasteiger partial charge in [-0.3, -0.25) is 4.79 Å². The molecule has 1 amide bonds. The Labute approximate surface area is 108 Å². The first-order chi connectivity index (χ1) is 7.09. The molecule has 1 fully saturated rings. The van der Waals surface area contributed by atoms with E-state index in [-0.39, 0.29) is 5.91 Å². The van der Waals surface area contributed by atoms with Crippen molar-refractivity contribution in [1.82, 2.24) is 4.90 Å². The van der Waals surface area contributed by atoms with Crippen molar-refractivity contribution in [2.75, 3.05) is 7.05 Å². The zero-order valence-corrected chi connectivity index (χ0v) is 11.2.